The van der Waals surface area contributed by atoms with E-state index in [0.29, 0.717) is 6.04 Å². The Morgan fingerprint density at radius 2 is 2.28 bits per heavy atom. The van der Waals surface area contributed by atoms with E-state index in [0.717, 1.165) is 20.8 Å². The van der Waals surface area contributed by atoms with Gasteiger partial charge in [-0.15, -0.1) is 11.3 Å². The van der Waals surface area contributed by atoms with Gasteiger partial charge in [0.15, 0.2) is 0 Å². The Labute approximate surface area is 123 Å². The first-order valence-corrected chi connectivity index (χ1v) is 8.03. The third kappa shape index (κ3) is 3.61. The van der Waals surface area contributed by atoms with Crippen molar-refractivity contribution in [3.05, 3.63) is 20.3 Å². The molecule has 1 fully saturated rings. The fourth-order valence-electron chi connectivity index (χ4n) is 2.47. The van der Waals surface area contributed by atoms with Crippen LogP contribution < -0.4 is 5.32 Å². The molecule has 0 saturated carbocycles. The average Bonchev–Trinajstić information content (AvgIpc) is 2.67. The average molecular weight is 307 g/mol. The molecule has 102 valence electrons. The molecule has 0 aromatic carbocycles. The number of nitrogens with one attached hydrogen (secondary N) is 1. The Hall–Kier alpha value is 0.200. The van der Waals surface area contributed by atoms with Gasteiger partial charge in [-0.1, -0.05) is 29.6 Å². The van der Waals surface area contributed by atoms with Crippen LogP contribution in [-0.2, 0) is 0 Å². The van der Waals surface area contributed by atoms with Crippen molar-refractivity contribution in [2.45, 2.75) is 38.3 Å². The van der Waals surface area contributed by atoms with E-state index in [4.69, 9.17) is 23.2 Å². The summed E-state index contributed by atoms with van der Waals surface area (Å²) in [6.07, 6.45) is 3.96. The summed E-state index contributed by atoms with van der Waals surface area (Å²) in [5.41, 5.74) is 1.12. The van der Waals surface area contributed by atoms with Gasteiger partial charge in [0.1, 0.15) is 0 Å². The summed E-state index contributed by atoms with van der Waals surface area (Å²) in [5.74, 6) is 0. The molecule has 2 rings (SSSR count). The van der Waals surface area contributed by atoms with Gasteiger partial charge in [-0.3, -0.25) is 0 Å². The first kappa shape index (κ1) is 14.6. The van der Waals surface area contributed by atoms with Crippen molar-refractivity contribution in [3.63, 3.8) is 0 Å². The van der Waals surface area contributed by atoms with Crippen molar-refractivity contribution in [2.75, 3.05) is 20.1 Å². The summed E-state index contributed by atoms with van der Waals surface area (Å²) in [4.78, 5) is 2.45. The molecule has 0 amide bonds. The van der Waals surface area contributed by atoms with Crippen LogP contribution in [0.2, 0.25) is 8.67 Å². The molecule has 0 radical (unpaired) electrons. The van der Waals surface area contributed by atoms with E-state index in [1.54, 1.807) is 0 Å². The van der Waals surface area contributed by atoms with Crippen LogP contribution in [0.1, 0.15) is 37.8 Å². The number of likely N-dealkylation sites (N-methyl/N-ethyl adjacent to an activating group) is 1. The number of piperidine rings is 1. The molecule has 1 aliphatic heterocycles. The summed E-state index contributed by atoms with van der Waals surface area (Å²) in [6, 6.07) is 2.88. The Kier molecular flexibility index (Phi) is 5.34. The molecule has 0 spiro atoms. The number of hydrogen-bond acceptors (Lipinski definition) is 3. The maximum Gasteiger partial charge on any atom is 0.0991 e. The van der Waals surface area contributed by atoms with E-state index in [1.165, 1.54) is 37.1 Å². The van der Waals surface area contributed by atoms with E-state index >= 15 is 0 Å². The number of thiophene rings is 1. The third-order valence-corrected chi connectivity index (χ3v) is 5.25. The normalized spacial score (nSPS) is 23.2. The molecular formula is C13H20Cl2N2S. The van der Waals surface area contributed by atoms with Gasteiger partial charge < -0.3 is 10.2 Å². The van der Waals surface area contributed by atoms with Crippen LogP contribution in [0.25, 0.3) is 0 Å². The molecule has 1 aromatic rings. The highest BCUT2D eigenvalue weighted by atomic mass is 35.5. The van der Waals surface area contributed by atoms with Crippen molar-refractivity contribution in [1.29, 1.82) is 0 Å². The molecule has 1 N–H and O–H groups in total. The zero-order valence-corrected chi connectivity index (χ0v) is 13.2. The molecule has 1 saturated heterocycles. The third-order valence-electron chi connectivity index (χ3n) is 3.73. The van der Waals surface area contributed by atoms with Crippen molar-refractivity contribution in [2.24, 2.45) is 0 Å². The molecule has 0 bridgehead atoms. The maximum atomic E-state index is 6.17. The zero-order chi connectivity index (χ0) is 13.1. The van der Waals surface area contributed by atoms with Crippen LogP contribution in [0.3, 0.4) is 0 Å². The lowest BCUT2D eigenvalue weighted by Gasteiger charge is -2.33. The molecule has 2 atom stereocenters. The second-order valence-corrected chi connectivity index (χ2v) is 7.33. The Balaban J connectivity index is 1.87. The SMILES string of the molecule is CC(NCC1CCCCN1C)c1cc(Cl)sc1Cl. The Morgan fingerprint density at radius 1 is 1.50 bits per heavy atom. The van der Waals surface area contributed by atoms with Gasteiger partial charge in [0.05, 0.1) is 8.67 Å². The fraction of sp³-hybridized carbons (Fsp3) is 0.692. The summed E-state index contributed by atoms with van der Waals surface area (Å²) in [5, 5.41) is 3.58. The fourth-order valence-corrected chi connectivity index (χ4v) is 4.12. The van der Waals surface area contributed by atoms with Gasteiger partial charge in [-0.25, -0.2) is 0 Å². The van der Waals surface area contributed by atoms with Crippen molar-refractivity contribution < 1.29 is 0 Å². The van der Waals surface area contributed by atoms with Gasteiger partial charge in [0, 0.05) is 18.6 Å². The second-order valence-electron chi connectivity index (χ2n) is 5.04. The molecular weight excluding hydrogens is 287 g/mol. The van der Waals surface area contributed by atoms with E-state index in [2.05, 4.69) is 24.2 Å². The molecule has 0 aliphatic carbocycles. The minimum Gasteiger partial charge on any atom is -0.309 e. The molecule has 1 aromatic heterocycles. The maximum absolute atomic E-state index is 6.17. The van der Waals surface area contributed by atoms with Crippen LogP contribution in [0, 0.1) is 0 Å². The van der Waals surface area contributed by atoms with Gasteiger partial charge in [0.2, 0.25) is 0 Å². The van der Waals surface area contributed by atoms with Crippen LogP contribution in [-0.4, -0.2) is 31.1 Å². The first-order chi connectivity index (χ1) is 8.58. The van der Waals surface area contributed by atoms with Crippen molar-refractivity contribution >= 4 is 34.5 Å². The number of nitrogens with zero attached hydrogens (tertiary/aromatic N) is 1. The molecule has 5 heteroatoms. The first-order valence-electron chi connectivity index (χ1n) is 6.46. The predicted molar refractivity (Wildman–Crippen MR) is 81.0 cm³/mol. The smallest absolute Gasteiger partial charge is 0.0991 e. The molecule has 2 heterocycles. The van der Waals surface area contributed by atoms with Gasteiger partial charge in [0.25, 0.3) is 0 Å². The molecule has 1 aliphatic rings. The lowest BCUT2D eigenvalue weighted by Crippen LogP contribution is -2.43. The van der Waals surface area contributed by atoms with E-state index < -0.39 is 0 Å². The molecule has 18 heavy (non-hydrogen) atoms. The molecule has 2 unspecified atom stereocenters. The lowest BCUT2D eigenvalue weighted by molar-refractivity contribution is 0.178. The number of rotatable bonds is 4. The highest BCUT2D eigenvalue weighted by molar-refractivity contribution is 7.20. The topological polar surface area (TPSA) is 15.3 Å². The molecule has 2 nitrogen and oxygen atoms in total. The van der Waals surface area contributed by atoms with E-state index in [-0.39, 0.29) is 6.04 Å². The zero-order valence-electron chi connectivity index (χ0n) is 10.9. The van der Waals surface area contributed by atoms with Gasteiger partial charge in [-0.05, 0) is 45.0 Å². The van der Waals surface area contributed by atoms with Crippen LogP contribution >= 0.6 is 34.5 Å². The quantitative estimate of drug-likeness (QED) is 0.897. The predicted octanol–water partition coefficient (Wildman–Crippen LogP) is 4.19. The lowest BCUT2D eigenvalue weighted by atomic mass is 10.0. The highest BCUT2D eigenvalue weighted by Crippen LogP contribution is 2.34. The summed E-state index contributed by atoms with van der Waals surface area (Å²) in [6.45, 7) is 4.38. The van der Waals surface area contributed by atoms with Gasteiger partial charge in [-0.2, -0.15) is 0 Å². The Bertz CT molecular complexity index is 394. The number of hydrogen-bond donors (Lipinski definition) is 1. The summed E-state index contributed by atoms with van der Waals surface area (Å²) >= 11 is 13.6. The van der Waals surface area contributed by atoms with Crippen molar-refractivity contribution in [1.82, 2.24) is 10.2 Å². The van der Waals surface area contributed by atoms with Crippen molar-refractivity contribution in [3.8, 4) is 0 Å². The highest BCUT2D eigenvalue weighted by Gasteiger charge is 2.20. The van der Waals surface area contributed by atoms with Crippen LogP contribution in [0.4, 0.5) is 0 Å². The van der Waals surface area contributed by atoms with E-state index in [1.807, 2.05) is 6.07 Å². The minimum absolute atomic E-state index is 0.261. The minimum atomic E-state index is 0.261. The number of halogens is 2. The summed E-state index contributed by atoms with van der Waals surface area (Å²) in [7, 11) is 2.21. The monoisotopic (exact) mass is 306 g/mol. The summed E-state index contributed by atoms with van der Waals surface area (Å²) < 4.78 is 1.57. The second kappa shape index (κ2) is 6.58. The van der Waals surface area contributed by atoms with E-state index in [9.17, 15) is 0 Å². The largest absolute Gasteiger partial charge is 0.309 e. The standard InChI is InChI=1S/C13H20Cl2N2S/c1-9(11-7-12(14)18-13(11)15)16-8-10-5-3-4-6-17(10)2/h7,9-10,16H,3-6,8H2,1-2H3. The van der Waals surface area contributed by atoms with Crippen LogP contribution in [0.5, 0.6) is 0 Å². The van der Waals surface area contributed by atoms with Gasteiger partial charge >= 0.3 is 0 Å². The Morgan fingerprint density at radius 3 is 2.89 bits per heavy atom. The number of likely N-dealkylation sites (tertiary alicyclic amines) is 1. The van der Waals surface area contributed by atoms with Crippen LogP contribution in [0.15, 0.2) is 6.07 Å².